The van der Waals surface area contributed by atoms with Crippen LogP contribution in [0.2, 0.25) is 5.02 Å². The molecule has 0 aliphatic rings. The van der Waals surface area contributed by atoms with E-state index in [4.69, 9.17) is 20.8 Å². The Hall–Kier alpha value is -2.72. The second-order valence-electron chi connectivity index (χ2n) is 5.97. The Morgan fingerprint density at radius 3 is 2.54 bits per heavy atom. The standard InChI is InChI=1S/C21H20ClNO3/c1-16-7-2-5-11-20(16)26-15-21(24)23(14-18-9-6-12-25-18)13-17-8-3-4-10-19(17)22/h2-12H,13-15H2,1H3. The number of aryl methyl sites for hydroxylation is 1. The van der Waals surface area contributed by atoms with E-state index in [2.05, 4.69) is 0 Å². The molecule has 2 aromatic carbocycles. The maximum Gasteiger partial charge on any atom is 0.261 e. The van der Waals surface area contributed by atoms with E-state index >= 15 is 0 Å². The lowest BCUT2D eigenvalue weighted by molar-refractivity contribution is -0.134. The van der Waals surface area contributed by atoms with Crippen LogP contribution < -0.4 is 4.74 Å². The van der Waals surface area contributed by atoms with Crippen LogP contribution in [0.5, 0.6) is 5.75 Å². The van der Waals surface area contributed by atoms with Gasteiger partial charge in [0.2, 0.25) is 0 Å². The van der Waals surface area contributed by atoms with Crippen molar-refractivity contribution in [3.8, 4) is 5.75 Å². The van der Waals surface area contributed by atoms with Crippen molar-refractivity contribution in [2.45, 2.75) is 20.0 Å². The van der Waals surface area contributed by atoms with Crippen molar-refractivity contribution in [2.75, 3.05) is 6.61 Å². The van der Waals surface area contributed by atoms with E-state index in [-0.39, 0.29) is 12.5 Å². The number of para-hydroxylation sites is 1. The van der Waals surface area contributed by atoms with Crippen LogP contribution in [0.3, 0.4) is 0 Å². The Bertz CT molecular complexity index is 861. The lowest BCUT2D eigenvalue weighted by atomic mass is 10.2. The molecule has 134 valence electrons. The van der Waals surface area contributed by atoms with Gasteiger partial charge in [0, 0.05) is 11.6 Å². The molecule has 0 spiro atoms. The van der Waals surface area contributed by atoms with Gasteiger partial charge in [0.25, 0.3) is 5.91 Å². The van der Waals surface area contributed by atoms with Gasteiger partial charge in [-0.1, -0.05) is 48.0 Å². The number of benzene rings is 2. The summed E-state index contributed by atoms with van der Waals surface area (Å²) in [5, 5.41) is 0.629. The van der Waals surface area contributed by atoms with E-state index in [0.29, 0.717) is 29.6 Å². The number of hydrogen-bond donors (Lipinski definition) is 0. The number of amides is 1. The van der Waals surface area contributed by atoms with Crippen LogP contribution in [-0.4, -0.2) is 17.4 Å². The minimum absolute atomic E-state index is 0.0456. The van der Waals surface area contributed by atoms with Crippen LogP contribution in [0.4, 0.5) is 0 Å². The third-order valence-corrected chi connectivity index (χ3v) is 4.41. The maximum atomic E-state index is 12.8. The predicted octanol–water partition coefficient (Wildman–Crippen LogP) is 4.85. The van der Waals surface area contributed by atoms with Crippen molar-refractivity contribution in [3.63, 3.8) is 0 Å². The third kappa shape index (κ3) is 4.67. The molecule has 0 N–H and O–H groups in total. The van der Waals surface area contributed by atoms with Gasteiger partial charge in [0.15, 0.2) is 6.61 Å². The van der Waals surface area contributed by atoms with E-state index in [0.717, 1.165) is 11.1 Å². The van der Waals surface area contributed by atoms with Gasteiger partial charge in [-0.25, -0.2) is 0 Å². The molecule has 26 heavy (non-hydrogen) atoms. The van der Waals surface area contributed by atoms with Gasteiger partial charge in [0.05, 0.1) is 12.8 Å². The Labute approximate surface area is 158 Å². The zero-order valence-electron chi connectivity index (χ0n) is 14.5. The van der Waals surface area contributed by atoms with Crippen LogP contribution in [0.25, 0.3) is 0 Å². The lowest BCUT2D eigenvalue weighted by Gasteiger charge is -2.22. The summed E-state index contributed by atoms with van der Waals surface area (Å²) in [6.07, 6.45) is 1.59. The van der Waals surface area contributed by atoms with Gasteiger partial charge in [0.1, 0.15) is 11.5 Å². The topological polar surface area (TPSA) is 42.7 Å². The summed E-state index contributed by atoms with van der Waals surface area (Å²) in [6, 6.07) is 18.8. The lowest BCUT2D eigenvalue weighted by Crippen LogP contribution is -2.34. The summed E-state index contributed by atoms with van der Waals surface area (Å²) in [6.45, 7) is 2.64. The molecule has 0 aliphatic carbocycles. The van der Waals surface area contributed by atoms with E-state index in [1.807, 2.05) is 61.5 Å². The first-order chi connectivity index (χ1) is 12.6. The minimum Gasteiger partial charge on any atom is -0.484 e. The molecule has 0 radical (unpaired) electrons. The van der Waals surface area contributed by atoms with Crippen molar-refractivity contribution < 1.29 is 13.9 Å². The number of rotatable bonds is 7. The monoisotopic (exact) mass is 369 g/mol. The zero-order chi connectivity index (χ0) is 18.4. The number of hydrogen-bond acceptors (Lipinski definition) is 3. The highest BCUT2D eigenvalue weighted by Crippen LogP contribution is 2.20. The number of carbonyl (C=O) groups excluding carboxylic acids is 1. The van der Waals surface area contributed by atoms with E-state index in [1.165, 1.54) is 0 Å². The largest absolute Gasteiger partial charge is 0.484 e. The van der Waals surface area contributed by atoms with Crippen LogP contribution in [0, 0.1) is 6.92 Å². The molecule has 0 aliphatic heterocycles. The number of halogens is 1. The molecule has 0 bridgehead atoms. The third-order valence-electron chi connectivity index (χ3n) is 4.04. The highest BCUT2D eigenvalue weighted by molar-refractivity contribution is 6.31. The van der Waals surface area contributed by atoms with Gasteiger partial charge in [-0.2, -0.15) is 0 Å². The van der Waals surface area contributed by atoms with Crippen LogP contribution in [0.1, 0.15) is 16.9 Å². The SMILES string of the molecule is Cc1ccccc1OCC(=O)N(Cc1ccco1)Cc1ccccc1Cl. The first kappa shape index (κ1) is 18.1. The normalized spacial score (nSPS) is 10.5. The highest BCUT2D eigenvalue weighted by atomic mass is 35.5. The predicted molar refractivity (Wildman–Crippen MR) is 101 cm³/mol. The molecule has 0 saturated heterocycles. The van der Waals surface area contributed by atoms with Crippen molar-refractivity contribution in [1.82, 2.24) is 4.90 Å². The summed E-state index contributed by atoms with van der Waals surface area (Å²) >= 11 is 6.26. The molecule has 1 aromatic heterocycles. The van der Waals surface area contributed by atoms with E-state index in [1.54, 1.807) is 17.2 Å². The Balaban J connectivity index is 1.72. The molecule has 5 heteroatoms. The van der Waals surface area contributed by atoms with E-state index < -0.39 is 0 Å². The molecule has 4 nitrogen and oxygen atoms in total. The first-order valence-electron chi connectivity index (χ1n) is 8.35. The molecule has 1 amide bonds. The molecule has 0 fully saturated rings. The van der Waals surface area contributed by atoms with Crippen LogP contribution >= 0.6 is 11.6 Å². The van der Waals surface area contributed by atoms with Gasteiger partial charge < -0.3 is 14.1 Å². The second-order valence-corrected chi connectivity index (χ2v) is 6.38. The molecule has 3 rings (SSSR count). The van der Waals surface area contributed by atoms with Crippen molar-refractivity contribution in [1.29, 1.82) is 0 Å². The number of carbonyl (C=O) groups is 1. The molecule has 0 saturated carbocycles. The summed E-state index contributed by atoms with van der Waals surface area (Å²) in [5.74, 6) is 1.28. The van der Waals surface area contributed by atoms with Gasteiger partial charge in [-0.15, -0.1) is 0 Å². The van der Waals surface area contributed by atoms with Gasteiger partial charge >= 0.3 is 0 Å². The van der Waals surface area contributed by atoms with Crippen LogP contribution in [0.15, 0.2) is 71.3 Å². The minimum atomic E-state index is -0.135. The number of ether oxygens (including phenoxy) is 1. The summed E-state index contributed by atoms with van der Waals surface area (Å²) in [4.78, 5) is 14.5. The highest BCUT2D eigenvalue weighted by Gasteiger charge is 2.18. The van der Waals surface area contributed by atoms with Crippen molar-refractivity contribution in [2.24, 2.45) is 0 Å². The number of furan rings is 1. The molecular weight excluding hydrogens is 350 g/mol. The summed E-state index contributed by atoms with van der Waals surface area (Å²) in [5.41, 5.74) is 1.87. The van der Waals surface area contributed by atoms with E-state index in [9.17, 15) is 4.79 Å². The number of nitrogens with zero attached hydrogens (tertiary/aromatic N) is 1. The van der Waals surface area contributed by atoms with Crippen molar-refractivity contribution >= 4 is 17.5 Å². The molecule has 3 aromatic rings. The van der Waals surface area contributed by atoms with Gasteiger partial charge in [-0.3, -0.25) is 4.79 Å². The zero-order valence-corrected chi connectivity index (χ0v) is 15.3. The average molecular weight is 370 g/mol. The fraction of sp³-hybridized carbons (Fsp3) is 0.190. The van der Waals surface area contributed by atoms with Gasteiger partial charge in [-0.05, 0) is 42.3 Å². The summed E-state index contributed by atoms with van der Waals surface area (Å²) < 4.78 is 11.1. The van der Waals surface area contributed by atoms with Crippen molar-refractivity contribution in [3.05, 3.63) is 88.8 Å². The molecule has 0 atom stereocenters. The maximum absolute atomic E-state index is 12.8. The fourth-order valence-electron chi connectivity index (χ4n) is 2.60. The Morgan fingerprint density at radius 2 is 1.81 bits per heavy atom. The van der Waals surface area contributed by atoms with Crippen LogP contribution in [-0.2, 0) is 17.9 Å². The Kier molecular flexibility index (Phi) is 5.97. The molecule has 1 heterocycles. The molecular formula is C21H20ClNO3. The summed E-state index contributed by atoms with van der Waals surface area (Å²) in [7, 11) is 0. The Morgan fingerprint density at radius 1 is 1.04 bits per heavy atom. The average Bonchev–Trinajstić information content (AvgIpc) is 3.15. The quantitative estimate of drug-likeness (QED) is 0.598. The first-order valence-corrected chi connectivity index (χ1v) is 8.73. The smallest absolute Gasteiger partial charge is 0.261 e. The molecule has 0 unspecified atom stereocenters. The fourth-order valence-corrected chi connectivity index (χ4v) is 2.80. The second kappa shape index (κ2) is 8.59.